The van der Waals surface area contributed by atoms with Crippen LogP contribution in [0.1, 0.15) is 88.6 Å². The number of carbonyl (C=O) groups is 4. The molecule has 4 unspecified atom stereocenters. The SMILES string of the molecule is COC(=O)NC(C(=O)N1CCCC1c1nc2ccc(Cc3cnc(CC4=CN=C(C5CCCN5C(=O)C(NC(=O)CO)C(C)C)C4)cn3)cc2[nH]1)C(C)C. The largest absolute Gasteiger partial charge is 0.453 e. The van der Waals surface area contributed by atoms with Crippen molar-refractivity contribution in [1.82, 2.24) is 40.4 Å². The topological polar surface area (TPSA) is 195 Å². The van der Waals surface area contributed by atoms with Crippen LogP contribution >= 0.6 is 0 Å². The zero-order valence-electron chi connectivity index (χ0n) is 31.7. The summed E-state index contributed by atoms with van der Waals surface area (Å²) in [7, 11) is 1.29. The van der Waals surface area contributed by atoms with E-state index in [0.717, 1.165) is 70.8 Å². The fourth-order valence-corrected chi connectivity index (χ4v) is 7.64. The van der Waals surface area contributed by atoms with Gasteiger partial charge in [-0.05, 0) is 60.8 Å². The van der Waals surface area contributed by atoms with Crippen molar-refractivity contribution in [2.24, 2.45) is 16.8 Å². The smallest absolute Gasteiger partial charge is 0.407 e. The monoisotopic (exact) mass is 741 g/mol. The number of aromatic amines is 1. The summed E-state index contributed by atoms with van der Waals surface area (Å²) in [5.74, 6) is -0.348. The maximum absolute atomic E-state index is 13.6. The molecule has 3 aliphatic heterocycles. The van der Waals surface area contributed by atoms with Gasteiger partial charge in [-0.15, -0.1) is 0 Å². The minimum atomic E-state index is -0.700. The van der Waals surface area contributed by atoms with Gasteiger partial charge >= 0.3 is 6.09 Å². The highest BCUT2D eigenvalue weighted by Crippen LogP contribution is 2.33. The minimum Gasteiger partial charge on any atom is -0.453 e. The van der Waals surface area contributed by atoms with E-state index in [1.54, 1.807) is 12.4 Å². The predicted molar refractivity (Wildman–Crippen MR) is 201 cm³/mol. The van der Waals surface area contributed by atoms with Crippen molar-refractivity contribution in [3.05, 3.63) is 65.1 Å². The lowest BCUT2D eigenvalue weighted by Gasteiger charge is -2.31. The second-order valence-corrected chi connectivity index (χ2v) is 15.1. The van der Waals surface area contributed by atoms with Crippen LogP contribution in [0.15, 0.2) is 47.4 Å². The van der Waals surface area contributed by atoms with E-state index in [4.69, 9.17) is 24.7 Å². The molecule has 5 heterocycles. The van der Waals surface area contributed by atoms with Crippen LogP contribution in [0.3, 0.4) is 0 Å². The van der Waals surface area contributed by atoms with Crippen molar-refractivity contribution in [2.75, 3.05) is 26.8 Å². The molecule has 6 rings (SSSR count). The minimum absolute atomic E-state index is 0.110. The molecule has 15 nitrogen and oxygen atoms in total. The molecule has 0 aliphatic carbocycles. The molecule has 288 valence electrons. The molecule has 0 radical (unpaired) electrons. The van der Waals surface area contributed by atoms with Gasteiger partial charge < -0.3 is 35.3 Å². The average Bonchev–Trinajstić information content (AvgIpc) is 3.99. The molecule has 2 aromatic heterocycles. The first-order valence-electron chi connectivity index (χ1n) is 18.8. The molecule has 0 saturated carbocycles. The van der Waals surface area contributed by atoms with E-state index >= 15 is 0 Å². The van der Waals surface area contributed by atoms with E-state index in [-0.39, 0.29) is 35.7 Å². The van der Waals surface area contributed by atoms with Gasteiger partial charge in [-0.1, -0.05) is 33.8 Å². The van der Waals surface area contributed by atoms with E-state index < -0.39 is 30.7 Å². The second kappa shape index (κ2) is 16.9. The molecule has 3 aliphatic rings. The van der Waals surface area contributed by atoms with E-state index in [1.807, 2.05) is 55.8 Å². The Morgan fingerprint density at radius 3 is 2.17 bits per heavy atom. The number of methoxy groups -OCH3 is 1. The average molecular weight is 742 g/mol. The number of likely N-dealkylation sites (tertiary alicyclic amines) is 2. The van der Waals surface area contributed by atoms with Crippen molar-refractivity contribution < 1.29 is 29.0 Å². The molecule has 54 heavy (non-hydrogen) atoms. The zero-order valence-corrected chi connectivity index (χ0v) is 31.7. The Labute approximate surface area is 315 Å². The summed E-state index contributed by atoms with van der Waals surface area (Å²) >= 11 is 0. The number of hydrogen-bond donors (Lipinski definition) is 4. The van der Waals surface area contributed by atoms with Crippen molar-refractivity contribution >= 4 is 40.6 Å². The molecule has 0 bridgehead atoms. The van der Waals surface area contributed by atoms with Gasteiger partial charge in [0.05, 0.1) is 41.6 Å². The number of aliphatic hydroxyl groups is 1. The molecule has 2 saturated heterocycles. The van der Waals surface area contributed by atoms with Gasteiger partial charge in [-0.25, -0.2) is 9.78 Å². The van der Waals surface area contributed by atoms with E-state index in [2.05, 4.69) is 21.7 Å². The van der Waals surface area contributed by atoms with Gasteiger partial charge in [-0.2, -0.15) is 0 Å². The second-order valence-electron chi connectivity index (χ2n) is 15.1. The van der Waals surface area contributed by atoms with Gasteiger partial charge in [0, 0.05) is 56.7 Å². The lowest BCUT2D eigenvalue weighted by atomic mass is 9.98. The Bertz CT molecular complexity index is 1920. The third kappa shape index (κ3) is 8.61. The molecular weight excluding hydrogens is 690 g/mol. The summed E-state index contributed by atoms with van der Waals surface area (Å²) < 4.78 is 4.75. The number of hydrogen-bond acceptors (Lipinski definition) is 10. The van der Waals surface area contributed by atoms with Crippen molar-refractivity contribution in [3.8, 4) is 0 Å². The molecule has 15 heteroatoms. The van der Waals surface area contributed by atoms with Crippen molar-refractivity contribution in [2.45, 2.75) is 96.8 Å². The number of ether oxygens (including phenoxy) is 1. The van der Waals surface area contributed by atoms with Crippen molar-refractivity contribution in [1.29, 1.82) is 0 Å². The van der Waals surface area contributed by atoms with E-state index in [1.165, 1.54) is 7.11 Å². The molecule has 3 aromatic rings. The molecule has 4 atom stereocenters. The summed E-state index contributed by atoms with van der Waals surface area (Å²) in [5, 5.41) is 14.6. The number of aromatic nitrogens is 4. The fraction of sp³-hybridized carbons (Fsp3) is 0.538. The van der Waals surface area contributed by atoms with Gasteiger partial charge in [0.15, 0.2) is 0 Å². The number of allylic oxidation sites excluding steroid dienone is 1. The third-order valence-electron chi connectivity index (χ3n) is 10.5. The Kier molecular flexibility index (Phi) is 12.0. The van der Waals surface area contributed by atoms with Crippen LogP contribution in [0.4, 0.5) is 4.79 Å². The van der Waals surface area contributed by atoms with Gasteiger partial charge in [-0.3, -0.25) is 29.3 Å². The zero-order chi connectivity index (χ0) is 38.5. The molecule has 4 N–H and O–H groups in total. The number of carbonyl (C=O) groups excluding carboxylic acids is 4. The lowest BCUT2D eigenvalue weighted by molar-refractivity contribution is -0.138. The number of nitrogens with one attached hydrogen (secondary N) is 3. The summed E-state index contributed by atoms with van der Waals surface area (Å²) in [6.07, 6.45) is 9.97. The van der Waals surface area contributed by atoms with Crippen LogP contribution in [-0.4, -0.2) is 109 Å². The highest BCUT2D eigenvalue weighted by atomic mass is 16.5. The maximum Gasteiger partial charge on any atom is 0.407 e. The lowest BCUT2D eigenvalue weighted by Crippen LogP contribution is -2.54. The number of rotatable bonds is 13. The Morgan fingerprint density at radius 2 is 1.54 bits per heavy atom. The van der Waals surface area contributed by atoms with Crippen LogP contribution in [0.25, 0.3) is 11.0 Å². The van der Waals surface area contributed by atoms with Crippen LogP contribution in [0.2, 0.25) is 0 Å². The standard InChI is InChI=1S/C39H51N9O6/c1-22(2)34(45-33(50)21-49)37(51)47-12-6-8-31(47)30-17-25(18-42-30)15-27-20-40-26(19-41-27)14-24-10-11-28-29(16-24)44-36(43-28)32-9-7-13-48(32)38(52)35(23(3)4)46-39(53)54-5/h10-11,16,18-20,22-23,31-32,34-35,49H,6-9,12-15,17,21H2,1-5H3,(H,43,44)(H,45,50)(H,46,53). The summed E-state index contributed by atoms with van der Waals surface area (Å²) in [6, 6.07) is 4.32. The Hall–Kier alpha value is -5.18. The molecule has 4 amide bonds. The Morgan fingerprint density at radius 1 is 0.907 bits per heavy atom. The number of alkyl carbamates (subject to hydrolysis) is 1. The first-order chi connectivity index (χ1) is 25.9. The molecule has 0 spiro atoms. The number of imidazole rings is 1. The normalized spacial score (nSPS) is 19.6. The number of H-pyrrole nitrogens is 1. The number of nitrogens with zero attached hydrogens (tertiary/aromatic N) is 6. The van der Waals surface area contributed by atoms with Crippen LogP contribution < -0.4 is 10.6 Å². The number of benzene rings is 1. The van der Waals surface area contributed by atoms with E-state index in [9.17, 15) is 24.3 Å². The van der Waals surface area contributed by atoms with Crippen LogP contribution in [-0.2, 0) is 32.0 Å². The fourth-order valence-electron chi connectivity index (χ4n) is 7.64. The molecular formula is C39H51N9O6. The van der Waals surface area contributed by atoms with Gasteiger partial charge in [0.2, 0.25) is 17.7 Å². The Balaban J connectivity index is 1.05. The number of aliphatic hydroxyl groups excluding tert-OH is 1. The van der Waals surface area contributed by atoms with Crippen LogP contribution in [0, 0.1) is 11.8 Å². The first-order valence-corrected chi connectivity index (χ1v) is 18.8. The van der Waals surface area contributed by atoms with Gasteiger partial charge in [0.25, 0.3) is 0 Å². The highest BCUT2D eigenvalue weighted by Gasteiger charge is 2.39. The first kappa shape index (κ1) is 38.5. The number of fused-ring (bicyclic) bond motifs is 1. The highest BCUT2D eigenvalue weighted by molar-refractivity contribution is 5.98. The number of aliphatic imine (C=N–C) groups is 1. The number of amides is 4. The summed E-state index contributed by atoms with van der Waals surface area (Å²) in [6.45, 7) is 8.09. The van der Waals surface area contributed by atoms with Gasteiger partial charge in [0.1, 0.15) is 24.5 Å². The molecule has 2 fully saturated rings. The summed E-state index contributed by atoms with van der Waals surface area (Å²) in [5.41, 5.74) is 6.43. The van der Waals surface area contributed by atoms with Crippen molar-refractivity contribution in [3.63, 3.8) is 0 Å². The maximum atomic E-state index is 13.6. The van der Waals surface area contributed by atoms with E-state index in [0.29, 0.717) is 32.4 Å². The molecule has 1 aromatic carbocycles. The van der Waals surface area contributed by atoms with Crippen LogP contribution in [0.5, 0.6) is 0 Å². The summed E-state index contributed by atoms with van der Waals surface area (Å²) in [4.78, 5) is 76.9. The quantitative estimate of drug-likeness (QED) is 0.203. The third-order valence-corrected chi connectivity index (χ3v) is 10.5. The predicted octanol–water partition coefficient (Wildman–Crippen LogP) is 3.38.